The molecule has 80 valence electrons. The zero-order chi connectivity index (χ0) is 11.3. The van der Waals surface area contributed by atoms with Crippen LogP contribution in [0.4, 0.5) is 0 Å². The maximum atomic E-state index is 11.2. The number of hydrogen-bond acceptors (Lipinski definition) is 3. The Hall–Kier alpha value is -2.04. The summed E-state index contributed by atoms with van der Waals surface area (Å²) in [5, 5.41) is 8.60. The molecular weight excluding hydrogens is 198 g/mol. The summed E-state index contributed by atoms with van der Waals surface area (Å²) in [7, 11) is 1.22. The fraction of sp³-hybridized carbons (Fsp3) is 0.200. The Balaban J connectivity index is 2.90. The van der Waals surface area contributed by atoms with Crippen molar-refractivity contribution in [2.45, 2.75) is 6.42 Å². The molecule has 0 unspecified atom stereocenters. The molecule has 0 bridgehead atoms. The van der Waals surface area contributed by atoms with Gasteiger partial charge in [-0.15, -0.1) is 0 Å². The highest BCUT2D eigenvalue weighted by Crippen LogP contribution is 2.09. The zero-order valence-electron chi connectivity index (χ0n) is 8.19. The summed E-state index contributed by atoms with van der Waals surface area (Å²) in [5.41, 5.74) is 0.768. The first-order valence-electron chi connectivity index (χ1n) is 4.27. The summed E-state index contributed by atoms with van der Waals surface area (Å²) in [6.45, 7) is 0. The smallest absolute Gasteiger partial charge is 0.334 e. The molecule has 1 aromatic rings. The van der Waals surface area contributed by atoms with E-state index >= 15 is 0 Å². The second kappa shape index (κ2) is 4.99. The van der Waals surface area contributed by atoms with Crippen LogP contribution < -0.4 is 0 Å². The van der Waals surface area contributed by atoms with Gasteiger partial charge in [0.05, 0.1) is 19.1 Å². The van der Waals surface area contributed by atoms with Crippen LogP contribution in [0.25, 0.3) is 6.08 Å². The van der Waals surface area contributed by atoms with Crippen molar-refractivity contribution >= 4 is 18.0 Å². The lowest BCUT2D eigenvalue weighted by Gasteiger charge is -2.01. The Labute approximate surface area is 86.4 Å². The highest BCUT2D eigenvalue weighted by atomic mass is 16.5. The molecule has 0 atom stereocenters. The van der Waals surface area contributed by atoms with E-state index < -0.39 is 11.9 Å². The molecule has 0 fully saturated rings. The summed E-state index contributed by atoms with van der Waals surface area (Å²) in [6.07, 6.45) is 2.78. The Morgan fingerprint density at radius 1 is 1.60 bits per heavy atom. The molecule has 15 heavy (non-hydrogen) atoms. The van der Waals surface area contributed by atoms with E-state index in [1.165, 1.54) is 13.2 Å². The first-order chi connectivity index (χ1) is 7.13. The van der Waals surface area contributed by atoms with Crippen LogP contribution in [-0.2, 0) is 14.3 Å². The molecule has 2 N–H and O–H groups in total. The summed E-state index contributed by atoms with van der Waals surface area (Å²) in [4.78, 5) is 24.5. The fourth-order valence-electron chi connectivity index (χ4n) is 1.10. The number of carbonyl (C=O) groups is 2. The van der Waals surface area contributed by atoms with Gasteiger partial charge in [0.15, 0.2) is 0 Å². The molecule has 0 saturated carbocycles. The number of aliphatic carboxylic acids is 1. The van der Waals surface area contributed by atoms with Crippen molar-refractivity contribution in [2.75, 3.05) is 7.11 Å². The van der Waals surface area contributed by atoms with Crippen LogP contribution in [-0.4, -0.2) is 29.1 Å². The average Bonchev–Trinajstić information content (AvgIpc) is 2.67. The molecule has 1 aromatic heterocycles. The van der Waals surface area contributed by atoms with Gasteiger partial charge in [-0.1, -0.05) is 0 Å². The monoisotopic (exact) mass is 209 g/mol. The van der Waals surface area contributed by atoms with Crippen LogP contribution in [0.5, 0.6) is 0 Å². The van der Waals surface area contributed by atoms with Gasteiger partial charge in [-0.25, -0.2) is 4.79 Å². The van der Waals surface area contributed by atoms with E-state index in [0.717, 1.165) is 0 Å². The molecular formula is C10H11NO4. The van der Waals surface area contributed by atoms with E-state index in [2.05, 4.69) is 9.72 Å². The van der Waals surface area contributed by atoms with E-state index in [0.29, 0.717) is 5.69 Å². The van der Waals surface area contributed by atoms with Gasteiger partial charge in [-0.3, -0.25) is 4.79 Å². The van der Waals surface area contributed by atoms with Gasteiger partial charge in [-0.2, -0.15) is 0 Å². The van der Waals surface area contributed by atoms with E-state index in [1.807, 2.05) is 0 Å². The third kappa shape index (κ3) is 3.30. The number of rotatable bonds is 4. The second-order valence-corrected chi connectivity index (χ2v) is 2.86. The first-order valence-corrected chi connectivity index (χ1v) is 4.27. The van der Waals surface area contributed by atoms with Crippen LogP contribution in [0.2, 0.25) is 0 Å². The highest BCUT2D eigenvalue weighted by Gasteiger charge is 2.13. The highest BCUT2D eigenvalue weighted by molar-refractivity contribution is 5.97. The van der Waals surface area contributed by atoms with Crippen molar-refractivity contribution in [2.24, 2.45) is 0 Å². The number of aromatic nitrogens is 1. The number of carbonyl (C=O) groups excluding carboxylic acids is 1. The third-order valence-electron chi connectivity index (χ3n) is 1.74. The predicted octanol–water partition coefficient (Wildman–Crippen LogP) is 1.05. The Bertz CT molecular complexity index is 378. The van der Waals surface area contributed by atoms with Crippen molar-refractivity contribution in [3.63, 3.8) is 0 Å². The van der Waals surface area contributed by atoms with E-state index in [-0.39, 0.29) is 12.0 Å². The third-order valence-corrected chi connectivity index (χ3v) is 1.74. The second-order valence-electron chi connectivity index (χ2n) is 2.86. The molecule has 1 heterocycles. The van der Waals surface area contributed by atoms with Gasteiger partial charge >= 0.3 is 11.9 Å². The lowest BCUT2D eigenvalue weighted by molar-refractivity contribution is -0.141. The molecule has 0 aliphatic rings. The SMILES string of the molecule is COC(=O)C(=Cc1ccc[nH]1)CC(=O)O. The van der Waals surface area contributed by atoms with Crippen LogP contribution >= 0.6 is 0 Å². The van der Waals surface area contributed by atoms with Crippen LogP contribution in [0.3, 0.4) is 0 Å². The number of esters is 1. The molecule has 1 rings (SSSR count). The Morgan fingerprint density at radius 3 is 2.80 bits per heavy atom. The number of H-pyrrole nitrogens is 1. The van der Waals surface area contributed by atoms with Gasteiger partial charge < -0.3 is 14.8 Å². The van der Waals surface area contributed by atoms with Crippen molar-refractivity contribution in [1.29, 1.82) is 0 Å². The van der Waals surface area contributed by atoms with Crippen molar-refractivity contribution in [3.05, 3.63) is 29.6 Å². The van der Waals surface area contributed by atoms with Crippen LogP contribution in [0.15, 0.2) is 23.9 Å². The van der Waals surface area contributed by atoms with Gasteiger partial charge in [0, 0.05) is 11.9 Å². The maximum Gasteiger partial charge on any atom is 0.334 e. The molecule has 0 amide bonds. The first kappa shape index (κ1) is 11.0. The molecule has 0 aliphatic carbocycles. The van der Waals surface area contributed by atoms with E-state index in [4.69, 9.17) is 5.11 Å². The predicted molar refractivity (Wildman–Crippen MR) is 53.0 cm³/mol. The number of carboxylic acids is 1. The minimum absolute atomic E-state index is 0.104. The molecule has 0 aromatic carbocycles. The van der Waals surface area contributed by atoms with Crippen LogP contribution in [0.1, 0.15) is 12.1 Å². The number of hydrogen-bond donors (Lipinski definition) is 2. The standard InChI is InChI=1S/C10H11NO4/c1-15-10(14)7(6-9(12)13)5-8-3-2-4-11-8/h2-5,11H,6H2,1H3,(H,12,13). The van der Waals surface area contributed by atoms with E-state index in [1.54, 1.807) is 18.3 Å². The molecule has 0 radical (unpaired) electrons. The number of carboxylic acid groups (broad SMARTS) is 1. The van der Waals surface area contributed by atoms with Crippen molar-refractivity contribution in [1.82, 2.24) is 4.98 Å². The molecule has 0 spiro atoms. The van der Waals surface area contributed by atoms with Gasteiger partial charge in [0.2, 0.25) is 0 Å². The lowest BCUT2D eigenvalue weighted by atomic mass is 10.1. The summed E-state index contributed by atoms with van der Waals surface area (Å²) in [6, 6.07) is 3.48. The Kier molecular flexibility index (Phi) is 3.68. The number of nitrogens with one attached hydrogen (secondary N) is 1. The maximum absolute atomic E-state index is 11.2. The molecule has 5 heteroatoms. The largest absolute Gasteiger partial charge is 0.481 e. The van der Waals surface area contributed by atoms with Gasteiger partial charge in [0.1, 0.15) is 0 Å². The minimum Gasteiger partial charge on any atom is -0.481 e. The summed E-state index contributed by atoms with van der Waals surface area (Å²) in [5.74, 6) is -1.70. The Morgan fingerprint density at radius 2 is 2.33 bits per heavy atom. The normalized spacial score (nSPS) is 11.1. The molecule has 5 nitrogen and oxygen atoms in total. The van der Waals surface area contributed by atoms with Crippen molar-refractivity contribution < 1.29 is 19.4 Å². The number of ether oxygens (including phenoxy) is 1. The summed E-state index contributed by atoms with van der Waals surface area (Å²) >= 11 is 0. The zero-order valence-corrected chi connectivity index (χ0v) is 8.19. The molecule has 0 aliphatic heterocycles. The number of methoxy groups -OCH3 is 1. The van der Waals surface area contributed by atoms with Crippen molar-refractivity contribution in [3.8, 4) is 0 Å². The minimum atomic E-state index is -1.07. The summed E-state index contributed by atoms with van der Waals surface area (Å²) < 4.78 is 4.48. The topological polar surface area (TPSA) is 79.4 Å². The molecule has 0 saturated heterocycles. The quantitative estimate of drug-likeness (QED) is 0.573. The van der Waals surface area contributed by atoms with Gasteiger partial charge in [-0.05, 0) is 18.2 Å². The average molecular weight is 209 g/mol. The fourth-order valence-corrected chi connectivity index (χ4v) is 1.10. The number of aromatic amines is 1. The lowest BCUT2D eigenvalue weighted by Crippen LogP contribution is -2.09. The van der Waals surface area contributed by atoms with Gasteiger partial charge in [0.25, 0.3) is 0 Å². The van der Waals surface area contributed by atoms with E-state index in [9.17, 15) is 9.59 Å². The van der Waals surface area contributed by atoms with Crippen LogP contribution in [0, 0.1) is 0 Å².